The highest BCUT2D eigenvalue weighted by Crippen LogP contribution is 2.25. The smallest absolute Gasteiger partial charge is 0.255 e. The van der Waals surface area contributed by atoms with E-state index in [1.165, 1.54) is 0 Å². The first-order valence-electron chi connectivity index (χ1n) is 9.53. The molecule has 29 heavy (non-hydrogen) atoms. The van der Waals surface area contributed by atoms with Crippen LogP contribution in [0.3, 0.4) is 0 Å². The topological polar surface area (TPSA) is 67.4 Å². The van der Waals surface area contributed by atoms with Crippen molar-refractivity contribution in [3.63, 3.8) is 0 Å². The van der Waals surface area contributed by atoms with Gasteiger partial charge in [0, 0.05) is 18.2 Å². The molecule has 0 saturated carbocycles. The van der Waals surface area contributed by atoms with Crippen LogP contribution in [0, 0.1) is 5.92 Å². The number of nitrogens with one attached hydrogen (secondary N) is 2. The second-order valence-corrected chi connectivity index (χ2v) is 6.93. The highest BCUT2D eigenvalue weighted by molar-refractivity contribution is 5.97. The van der Waals surface area contributed by atoms with Crippen LogP contribution in [0.1, 0.15) is 29.8 Å². The summed E-state index contributed by atoms with van der Waals surface area (Å²) >= 11 is 0. The lowest BCUT2D eigenvalue weighted by Gasteiger charge is -2.12. The number of carbonyl (C=O) groups is 2. The molecule has 2 amide bonds. The first kappa shape index (κ1) is 20.1. The number of anilines is 1. The van der Waals surface area contributed by atoms with Gasteiger partial charge in [0.05, 0.1) is 5.56 Å². The molecule has 0 aliphatic carbocycles. The zero-order chi connectivity index (χ0) is 20.6. The van der Waals surface area contributed by atoms with Gasteiger partial charge in [-0.2, -0.15) is 0 Å². The molecule has 5 nitrogen and oxygen atoms in total. The number of hydrogen-bond donors (Lipinski definition) is 2. The van der Waals surface area contributed by atoms with Crippen LogP contribution >= 0.6 is 0 Å². The average Bonchev–Trinajstić information content (AvgIpc) is 2.74. The van der Waals surface area contributed by atoms with E-state index in [-0.39, 0.29) is 17.7 Å². The molecule has 3 aromatic carbocycles. The molecule has 0 heterocycles. The van der Waals surface area contributed by atoms with Crippen LogP contribution in [0.25, 0.3) is 0 Å². The number of amides is 2. The fourth-order valence-corrected chi connectivity index (χ4v) is 2.63. The zero-order valence-corrected chi connectivity index (χ0v) is 16.5. The van der Waals surface area contributed by atoms with Gasteiger partial charge in [-0.15, -0.1) is 0 Å². The van der Waals surface area contributed by atoms with Gasteiger partial charge >= 0.3 is 0 Å². The summed E-state index contributed by atoms with van der Waals surface area (Å²) in [7, 11) is 0. The second-order valence-electron chi connectivity index (χ2n) is 6.93. The van der Waals surface area contributed by atoms with E-state index >= 15 is 0 Å². The van der Waals surface area contributed by atoms with Crippen molar-refractivity contribution in [2.75, 3.05) is 5.32 Å². The van der Waals surface area contributed by atoms with Crippen molar-refractivity contribution >= 4 is 17.5 Å². The molecule has 3 rings (SSSR count). The summed E-state index contributed by atoms with van der Waals surface area (Å²) < 4.78 is 5.85. The molecule has 5 heteroatoms. The first-order chi connectivity index (χ1) is 14.0. The fraction of sp³-hybridized carbons (Fsp3) is 0.167. The molecule has 0 aliphatic rings. The Kier molecular flexibility index (Phi) is 6.63. The van der Waals surface area contributed by atoms with Crippen molar-refractivity contribution in [1.82, 2.24) is 5.32 Å². The number of benzene rings is 3. The molecular formula is C24H24N2O3. The maximum absolute atomic E-state index is 12.7. The minimum Gasteiger partial charge on any atom is -0.457 e. The second kappa shape index (κ2) is 9.55. The maximum Gasteiger partial charge on any atom is 0.255 e. The molecular weight excluding hydrogens is 364 g/mol. The lowest BCUT2D eigenvalue weighted by atomic mass is 10.1. The van der Waals surface area contributed by atoms with Gasteiger partial charge in [0.2, 0.25) is 5.91 Å². The van der Waals surface area contributed by atoms with Gasteiger partial charge in [-0.05, 0) is 42.0 Å². The van der Waals surface area contributed by atoms with Crippen LogP contribution in [-0.2, 0) is 11.3 Å². The zero-order valence-electron chi connectivity index (χ0n) is 16.5. The molecule has 2 N–H and O–H groups in total. The lowest BCUT2D eigenvalue weighted by molar-refractivity contribution is -0.118. The van der Waals surface area contributed by atoms with E-state index in [1.807, 2.05) is 74.5 Å². The quantitative estimate of drug-likeness (QED) is 0.598. The summed E-state index contributed by atoms with van der Waals surface area (Å²) in [6, 6.07) is 23.9. The van der Waals surface area contributed by atoms with Crippen molar-refractivity contribution in [3.05, 3.63) is 90.0 Å². The highest BCUT2D eigenvalue weighted by atomic mass is 16.5. The Bertz CT molecular complexity index is 967. The molecule has 0 saturated heterocycles. The number of para-hydroxylation sites is 2. The standard InChI is InChI=1S/C24H24N2O3/c1-17(2)23(27)26-19-14-12-18(13-15-19)16-25-24(28)21-10-6-7-11-22(21)29-20-8-4-3-5-9-20/h3-15,17H,16H2,1-2H3,(H,25,28)(H,26,27). The normalized spacial score (nSPS) is 10.4. The molecule has 0 spiro atoms. The molecule has 3 aromatic rings. The summed E-state index contributed by atoms with van der Waals surface area (Å²) in [5.74, 6) is 0.858. The fourth-order valence-electron chi connectivity index (χ4n) is 2.63. The largest absolute Gasteiger partial charge is 0.457 e. The summed E-state index contributed by atoms with van der Waals surface area (Å²) in [5, 5.41) is 5.76. The highest BCUT2D eigenvalue weighted by Gasteiger charge is 2.13. The Labute approximate surface area is 170 Å². The molecule has 0 aliphatic heterocycles. The summed E-state index contributed by atoms with van der Waals surface area (Å²) in [6.45, 7) is 4.06. The number of hydrogen-bond acceptors (Lipinski definition) is 3. The Morgan fingerprint density at radius 3 is 2.21 bits per heavy atom. The van der Waals surface area contributed by atoms with Gasteiger partial charge in [0.15, 0.2) is 0 Å². The molecule has 0 unspecified atom stereocenters. The summed E-state index contributed by atoms with van der Waals surface area (Å²) in [4.78, 5) is 24.4. The van der Waals surface area contributed by atoms with Crippen LogP contribution in [0.4, 0.5) is 5.69 Å². The van der Waals surface area contributed by atoms with E-state index in [4.69, 9.17) is 4.74 Å². The molecule has 0 fully saturated rings. The Hall–Kier alpha value is -3.60. The number of ether oxygens (including phenoxy) is 1. The average molecular weight is 388 g/mol. The summed E-state index contributed by atoms with van der Waals surface area (Å²) in [6.07, 6.45) is 0. The maximum atomic E-state index is 12.7. The van der Waals surface area contributed by atoms with Gasteiger partial charge in [0.1, 0.15) is 11.5 Å². The molecule has 0 radical (unpaired) electrons. The minimum atomic E-state index is -0.214. The van der Waals surface area contributed by atoms with Crippen molar-refractivity contribution < 1.29 is 14.3 Å². The van der Waals surface area contributed by atoms with Crippen LogP contribution in [-0.4, -0.2) is 11.8 Å². The van der Waals surface area contributed by atoms with E-state index in [0.29, 0.717) is 23.6 Å². The van der Waals surface area contributed by atoms with E-state index < -0.39 is 0 Å². The first-order valence-corrected chi connectivity index (χ1v) is 9.53. The van der Waals surface area contributed by atoms with Gasteiger partial charge in [-0.1, -0.05) is 56.3 Å². The number of carbonyl (C=O) groups excluding carboxylic acids is 2. The van der Waals surface area contributed by atoms with E-state index in [0.717, 1.165) is 11.3 Å². The third kappa shape index (κ3) is 5.69. The van der Waals surface area contributed by atoms with Crippen molar-refractivity contribution in [2.45, 2.75) is 20.4 Å². The minimum absolute atomic E-state index is 0.0268. The molecule has 148 valence electrons. The van der Waals surface area contributed by atoms with Gasteiger partial charge < -0.3 is 15.4 Å². The Morgan fingerprint density at radius 2 is 1.52 bits per heavy atom. The molecule has 0 bridgehead atoms. The van der Waals surface area contributed by atoms with Crippen LogP contribution in [0.5, 0.6) is 11.5 Å². The predicted octanol–water partition coefficient (Wildman–Crippen LogP) is 5.00. The number of rotatable bonds is 7. The predicted molar refractivity (Wildman–Crippen MR) is 114 cm³/mol. The van der Waals surface area contributed by atoms with Crippen molar-refractivity contribution in [3.8, 4) is 11.5 Å². The van der Waals surface area contributed by atoms with Crippen LogP contribution in [0.15, 0.2) is 78.9 Å². The summed E-state index contributed by atoms with van der Waals surface area (Å²) in [5.41, 5.74) is 2.14. The van der Waals surface area contributed by atoms with Gasteiger partial charge in [-0.3, -0.25) is 9.59 Å². The van der Waals surface area contributed by atoms with Gasteiger partial charge in [0.25, 0.3) is 5.91 Å². The third-order valence-electron chi connectivity index (χ3n) is 4.30. The monoisotopic (exact) mass is 388 g/mol. The van der Waals surface area contributed by atoms with Crippen LogP contribution in [0.2, 0.25) is 0 Å². The SMILES string of the molecule is CC(C)C(=O)Nc1ccc(CNC(=O)c2ccccc2Oc2ccccc2)cc1. The van der Waals surface area contributed by atoms with Crippen molar-refractivity contribution in [1.29, 1.82) is 0 Å². The van der Waals surface area contributed by atoms with E-state index in [2.05, 4.69) is 10.6 Å². The molecule has 0 atom stereocenters. The van der Waals surface area contributed by atoms with E-state index in [9.17, 15) is 9.59 Å². The molecule has 0 aromatic heterocycles. The van der Waals surface area contributed by atoms with E-state index in [1.54, 1.807) is 18.2 Å². The third-order valence-corrected chi connectivity index (χ3v) is 4.30. The van der Waals surface area contributed by atoms with Crippen LogP contribution < -0.4 is 15.4 Å². The Morgan fingerprint density at radius 1 is 0.862 bits per heavy atom. The Balaban J connectivity index is 1.62. The van der Waals surface area contributed by atoms with Gasteiger partial charge in [-0.25, -0.2) is 0 Å². The van der Waals surface area contributed by atoms with Crippen molar-refractivity contribution in [2.24, 2.45) is 5.92 Å². The lowest BCUT2D eigenvalue weighted by Crippen LogP contribution is -2.23.